The van der Waals surface area contributed by atoms with E-state index in [-0.39, 0.29) is 5.97 Å². The molecule has 0 radical (unpaired) electrons. The molecule has 0 aliphatic rings. The first-order valence-corrected chi connectivity index (χ1v) is 12.8. The van der Waals surface area contributed by atoms with Crippen molar-refractivity contribution in [2.75, 3.05) is 29.0 Å². The molecule has 0 bridgehead atoms. The summed E-state index contributed by atoms with van der Waals surface area (Å²) < 4.78 is 14.1. The first-order valence-electron chi connectivity index (χ1n) is 10.5. The fourth-order valence-electron chi connectivity index (χ4n) is 3.68. The topological polar surface area (TPSA) is 72.3 Å². The van der Waals surface area contributed by atoms with E-state index in [1.807, 2.05) is 40.8 Å². The van der Waals surface area contributed by atoms with Gasteiger partial charge in [-0.1, -0.05) is 52.1 Å². The van der Waals surface area contributed by atoms with Gasteiger partial charge in [-0.15, -0.1) is 0 Å². The van der Waals surface area contributed by atoms with E-state index in [1.54, 1.807) is 11.3 Å². The molecule has 2 heterocycles. The van der Waals surface area contributed by atoms with Crippen LogP contribution in [0.5, 0.6) is 0 Å². The Morgan fingerprint density at radius 1 is 1.16 bits per heavy atom. The number of ether oxygens (including phenoxy) is 1. The molecule has 0 amide bonds. The molecule has 0 spiro atoms. The Bertz CT molecular complexity index is 1260. The molecule has 0 unspecified atom stereocenters. The summed E-state index contributed by atoms with van der Waals surface area (Å²) >= 11 is 3.71. The van der Waals surface area contributed by atoms with E-state index in [0.717, 1.165) is 45.9 Å². The van der Waals surface area contributed by atoms with Gasteiger partial charge in [-0.25, -0.2) is 4.63 Å². The lowest BCUT2D eigenvalue weighted by molar-refractivity contribution is -0.669. The summed E-state index contributed by atoms with van der Waals surface area (Å²) in [6.07, 6.45) is 4.11. The van der Waals surface area contributed by atoms with Crippen LogP contribution in [0.3, 0.4) is 0 Å². The second-order valence-electron chi connectivity index (χ2n) is 7.05. The number of benzene rings is 2. The van der Waals surface area contributed by atoms with Gasteiger partial charge in [0.25, 0.3) is 5.01 Å². The number of carbonyl (C=O) groups is 1. The number of nitrogens with zero attached hydrogens (tertiary/aromatic N) is 4. The summed E-state index contributed by atoms with van der Waals surface area (Å²) in [4.78, 5) is 13.8. The van der Waals surface area contributed by atoms with Gasteiger partial charge in [0.15, 0.2) is 18.7 Å². The number of hydrogen-bond acceptors (Lipinski definition) is 7. The van der Waals surface area contributed by atoms with E-state index in [4.69, 9.17) is 9.37 Å². The van der Waals surface area contributed by atoms with Crippen LogP contribution in [0.15, 0.2) is 41.0 Å². The third-order valence-corrected chi connectivity index (χ3v) is 7.01. The van der Waals surface area contributed by atoms with Crippen molar-refractivity contribution in [3.63, 3.8) is 0 Å². The maximum absolute atomic E-state index is 11.5. The summed E-state index contributed by atoms with van der Waals surface area (Å²) in [5, 5.41) is 9.38. The van der Waals surface area contributed by atoms with Gasteiger partial charge >= 0.3 is 5.97 Å². The zero-order chi connectivity index (χ0) is 22.5. The summed E-state index contributed by atoms with van der Waals surface area (Å²) in [6.45, 7) is 6.94. The van der Waals surface area contributed by atoms with Crippen LogP contribution in [0.25, 0.3) is 33.4 Å². The van der Waals surface area contributed by atoms with Crippen LogP contribution in [0.2, 0.25) is 0 Å². The van der Waals surface area contributed by atoms with Crippen LogP contribution < -0.4 is 9.47 Å². The van der Waals surface area contributed by atoms with Crippen molar-refractivity contribution in [3.05, 3.63) is 47.0 Å². The number of anilines is 1. The van der Waals surface area contributed by atoms with Crippen LogP contribution >= 0.6 is 33.9 Å². The molecular weight excluding hydrogens is 539 g/mol. The predicted octanol–water partition coefficient (Wildman–Crippen LogP) is 4.72. The first kappa shape index (κ1) is 22.7. The summed E-state index contributed by atoms with van der Waals surface area (Å²) in [6, 6.07) is 12.4. The molecule has 0 N–H and O–H groups in total. The maximum Gasteiger partial charge on any atom is 0.315 e. The molecular formula is C23H24IN4O3S+. The third kappa shape index (κ3) is 4.63. The van der Waals surface area contributed by atoms with Gasteiger partial charge in [-0.05, 0) is 42.4 Å². The zero-order valence-electron chi connectivity index (χ0n) is 18.0. The molecule has 7 nitrogen and oxygen atoms in total. The van der Waals surface area contributed by atoms with Crippen molar-refractivity contribution < 1.29 is 18.7 Å². The van der Waals surface area contributed by atoms with Crippen LogP contribution in [0, 0.1) is 0 Å². The zero-order valence-corrected chi connectivity index (χ0v) is 20.9. The second kappa shape index (κ2) is 10.4. The van der Waals surface area contributed by atoms with Crippen molar-refractivity contribution in [2.24, 2.45) is 0 Å². The molecule has 0 fully saturated rings. The molecule has 0 saturated heterocycles. The minimum absolute atomic E-state index is 0.197. The monoisotopic (exact) mass is 563 g/mol. The van der Waals surface area contributed by atoms with Gasteiger partial charge in [-0.3, -0.25) is 4.79 Å². The fraction of sp³-hybridized carbons (Fsp3) is 0.304. The minimum Gasteiger partial charge on any atom is -0.458 e. The van der Waals surface area contributed by atoms with Crippen molar-refractivity contribution in [1.82, 2.24) is 10.3 Å². The van der Waals surface area contributed by atoms with E-state index >= 15 is 0 Å². The Kier molecular flexibility index (Phi) is 7.36. The smallest absolute Gasteiger partial charge is 0.315 e. The van der Waals surface area contributed by atoms with Crippen LogP contribution in [-0.4, -0.2) is 40.4 Å². The molecule has 0 atom stereocenters. The highest BCUT2D eigenvalue weighted by Crippen LogP contribution is 2.29. The number of halogens is 1. The molecule has 166 valence electrons. The minimum atomic E-state index is -0.197. The Morgan fingerprint density at radius 2 is 1.94 bits per heavy atom. The molecule has 4 aromatic rings. The molecule has 32 heavy (non-hydrogen) atoms. The van der Waals surface area contributed by atoms with E-state index < -0.39 is 0 Å². The lowest BCUT2D eigenvalue weighted by atomic mass is 10.1. The van der Waals surface area contributed by atoms with Gasteiger partial charge in [0, 0.05) is 30.8 Å². The third-order valence-electron chi connectivity index (χ3n) is 5.26. The molecule has 0 aliphatic carbocycles. The average Bonchev–Trinajstić information content (AvgIpc) is 3.44. The van der Waals surface area contributed by atoms with Crippen molar-refractivity contribution in [1.29, 1.82) is 0 Å². The highest BCUT2D eigenvalue weighted by molar-refractivity contribution is 14.1. The van der Waals surface area contributed by atoms with Crippen LogP contribution in [0.1, 0.15) is 24.4 Å². The van der Waals surface area contributed by atoms with Crippen molar-refractivity contribution in [3.8, 4) is 0 Å². The Labute approximate surface area is 203 Å². The quantitative estimate of drug-likeness (QED) is 0.127. The Hall–Kier alpha value is -2.53. The fourth-order valence-corrected chi connectivity index (χ4v) is 5.00. The van der Waals surface area contributed by atoms with E-state index in [0.29, 0.717) is 17.6 Å². The number of carbonyl (C=O) groups excluding carboxylic acids is 1. The number of aromatic nitrogens is 3. The highest BCUT2D eigenvalue weighted by Gasteiger charge is 2.19. The van der Waals surface area contributed by atoms with Gasteiger partial charge in [0.05, 0.1) is 10.1 Å². The van der Waals surface area contributed by atoms with Gasteiger partial charge < -0.3 is 9.64 Å². The summed E-state index contributed by atoms with van der Waals surface area (Å²) in [7, 11) is 0. The largest absolute Gasteiger partial charge is 0.458 e. The number of esters is 1. The predicted molar refractivity (Wildman–Crippen MR) is 136 cm³/mol. The Morgan fingerprint density at radius 3 is 2.72 bits per heavy atom. The number of para-hydroxylation sites is 1. The number of hydrogen-bond donors (Lipinski definition) is 0. The van der Waals surface area contributed by atoms with E-state index in [1.165, 1.54) is 4.70 Å². The number of alkyl halides is 1. The molecule has 0 aliphatic heterocycles. The van der Waals surface area contributed by atoms with Gasteiger partial charge in [-0.2, -0.15) is 4.57 Å². The normalized spacial score (nSPS) is 11.6. The first-order chi connectivity index (χ1) is 15.7. The van der Waals surface area contributed by atoms with Gasteiger partial charge in [0.2, 0.25) is 5.52 Å². The number of thiazole rings is 1. The average molecular weight is 563 g/mol. The number of fused-ring (bicyclic) bond motifs is 2. The maximum atomic E-state index is 11.5. The van der Waals surface area contributed by atoms with Crippen LogP contribution in [0.4, 0.5) is 5.69 Å². The second-order valence-corrected chi connectivity index (χ2v) is 8.88. The highest BCUT2D eigenvalue weighted by atomic mass is 127. The molecule has 2 aromatic carbocycles. The van der Waals surface area contributed by atoms with Crippen LogP contribution in [-0.2, 0) is 16.1 Å². The SMILES string of the molecule is CCN(CC)c1ccc(/C=C/c2sc3ccccc3[n+]2CCOC(=O)CI)c2nonc12. The van der Waals surface area contributed by atoms with Crippen molar-refractivity contribution in [2.45, 2.75) is 20.4 Å². The molecule has 4 rings (SSSR count). The Balaban J connectivity index is 1.68. The summed E-state index contributed by atoms with van der Waals surface area (Å²) in [5.74, 6) is -0.197. The molecule has 2 aromatic heterocycles. The molecule has 9 heteroatoms. The summed E-state index contributed by atoms with van der Waals surface area (Å²) in [5.41, 5.74) is 4.60. The van der Waals surface area contributed by atoms with Crippen molar-refractivity contribution >= 4 is 79.0 Å². The lowest BCUT2D eigenvalue weighted by Crippen LogP contribution is -2.37. The lowest BCUT2D eigenvalue weighted by Gasteiger charge is -2.20. The number of rotatable bonds is 9. The van der Waals surface area contributed by atoms with E-state index in [2.05, 4.69) is 64.0 Å². The standard InChI is InChI=1S/C23H24IN4O3S/c1-3-27(4-2)18-11-9-16(22-23(18)26-31-25-22)10-12-20-28(13-14-30-21(29)15-24)17-7-5-6-8-19(17)32-20/h5-12H,3-4,13-15H2,1-2H3/q+1. The van der Waals surface area contributed by atoms with E-state index in [9.17, 15) is 4.79 Å². The van der Waals surface area contributed by atoms with Gasteiger partial charge in [0.1, 0.15) is 10.2 Å². The molecule has 0 saturated carbocycles.